The SMILES string of the molecule is COC[C@H]1CN(C)C[C@@]12CCN(C(=O)c1ccc3ccccc3c1)C2.O=C(O)C(F)(F)F. The lowest BCUT2D eigenvalue weighted by atomic mass is 9.77. The lowest BCUT2D eigenvalue weighted by Gasteiger charge is -2.30. The van der Waals surface area contributed by atoms with Crippen LogP contribution in [0.25, 0.3) is 10.8 Å². The zero-order valence-corrected chi connectivity index (χ0v) is 18.1. The number of carbonyl (C=O) groups excluding carboxylic acids is 1. The summed E-state index contributed by atoms with van der Waals surface area (Å²) >= 11 is 0. The quantitative estimate of drug-likeness (QED) is 0.772. The van der Waals surface area contributed by atoms with E-state index in [9.17, 15) is 18.0 Å². The number of methoxy groups -OCH3 is 1. The number of hydrogen-bond acceptors (Lipinski definition) is 4. The molecular formula is C23H27F3N2O4. The topological polar surface area (TPSA) is 70.1 Å². The molecule has 6 nitrogen and oxygen atoms in total. The van der Waals surface area contributed by atoms with Gasteiger partial charge in [0.15, 0.2) is 0 Å². The Balaban J connectivity index is 0.000000360. The summed E-state index contributed by atoms with van der Waals surface area (Å²) in [6, 6.07) is 14.2. The normalized spacial score (nSPS) is 23.4. The number of fused-ring (bicyclic) bond motifs is 1. The molecule has 2 heterocycles. The van der Waals surface area contributed by atoms with Crippen LogP contribution in [0.1, 0.15) is 16.8 Å². The fourth-order valence-electron chi connectivity index (χ4n) is 4.77. The van der Waals surface area contributed by atoms with E-state index >= 15 is 0 Å². The Morgan fingerprint density at radius 1 is 1.16 bits per heavy atom. The molecule has 2 aromatic rings. The van der Waals surface area contributed by atoms with E-state index in [0.29, 0.717) is 5.92 Å². The maximum absolute atomic E-state index is 13.1. The van der Waals surface area contributed by atoms with E-state index in [2.05, 4.69) is 24.1 Å². The van der Waals surface area contributed by atoms with Crippen molar-refractivity contribution in [3.63, 3.8) is 0 Å². The van der Waals surface area contributed by atoms with E-state index in [0.717, 1.165) is 50.2 Å². The number of benzene rings is 2. The number of alkyl halides is 3. The van der Waals surface area contributed by atoms with Crippen LogP contribution in [0.5, 0.6) is 0 Å². The molecule has 2 aromatic carbocycles. The molecule has 2 aliphatic heterocycles. The molecule has 0 unspecified atom stereocenters. The number of hydrogen-bond donors (Lipinski definition) is 1. The van der Waals surface area contributed by atoms with Crippen LogP contribution in [0.3, 0.4) is 0 Å². The Labute approximate surface area is 184 Å². The third-order valence-corrected chi connectivity index (χ3v) is 6.26. The summed E-state index contributed by atoms with van der Waals surface area (Å²) in [5.74, 6) is -2.09. The van der Waals surface area contributed by atoms with E-state index in [-0.39, 0.29) is 11.3 Å². The van der Waals surface area contributed by atoms with Crippen LogP contribution >= 0.6 is 0 Å². The molecule has 0 radical (unpaired) electrons. The molecular weight excluding hydrogens is 425 g/mol. The fourth-order valence-corrected chi connectivity index (χ4v) is 4.77. The maximum Gasteiger partial charge on any atom is 0.490 e. The minimum atomic E-state index is -5.08. The molecule has 2 aliphatic rings. The summed E-state index contributed by atoms with van der Waals surface area (Å²) in [6.45, 7) is 4.59. The van der Waals surface area contributed by atoms with Gasteiger partial charge in [0, 0.05) is 50.2 Å². The average molecular weight is 452 g/mol. The van der Waals surface area contributed by atoms with Gasteiger partial charge in [-0.05, 0) is 36.4 Å². The van der Waals surface area contributed by atoms with Gasteiger partial charge < -0.3 is 19.6 Å². The number of aliphatic carboxylic acids is 1. The first-order chi connectivity index (χ1) is 15.1. The second kappa shape index (κ2) is 9.46. The van der Waals surface area contributed by atoms with Gasteiger partial charge in [-0.3, -0.25) is 4.79 Å². The van der Waals surface area contributed by atoms with Crippen molar-refractivity contribution >= 4 is 22.6 Å². The standard InChI is InChI=1S/C21H26N2O2.C2HF3O2/c1-22-12-19(13-25-2)21(14-22)9-10-23(15-21)20(24)18-8-7-16-5-3-4-6-17(16)11-18;3-2(4,5)1(6)7/h3-8,11,19H,9-10,12-15H2,1-2H3;(H,6,7)/t19-,21-;/m1./s1. The van der Waals surface area contributed by atoms with E-state index in [1.807, 2.05) is 35.2 Å². The number of carboxylic acid groups (broad SMARTS) is 1. The number of carboxylic acids is 1. The van der Waals surface area contributed by atoms with E-state index in [4.69, 9.17) is 14.6 Å². The first-order valence-electron chi connectivity index (χ1n) is 10.3. The zero-order valence-electron chi connectivity index (χ0n) is 18.1. The van der Waals surface area contributed by atoms with Gasteiger partial charge in [0.05, 0.1) is 6.61 Å². The lowest BCUT2D eigenvalue weighted by Crippen LogP contribution is -2.38. The van der Waals surface area contributed by atoms with Crippen LogP contribution in [0.4, 0.5) is 13.2 Å². The van der Waals surface area contributed by atoms with Crippen molar-refractivity contribution in [1.29, 1.82) is 0 Å². The highest BCUT2D eigenvalue weighted by Crippen LogP contribution is 2.43. The molecule has 1 N–H and O–H groups in total. The Kier molecular flexibility index (Phi) is 7.09. The van der Waals surface area contributed by atoms with Crippen LogP contribution in [-0.4, -0.2) is 79.9 Å². The number of rotatable bonds is 3. The maximum atomic E-state index is 13.1. The van der Waals surface area contributed by atoms with Gasteiger partial charge in [-0.2, -0.15) is 13.2 Å². The highest BCUT2D eigenvalue weighted by Gasteiger charge is 2.50. The molecule has 9 heteroatoms. The summed E-state index contributed by atoms with van der Waals surface area (Å²) in [5.41, 5.74) is 0.988. The van der Waals surface area contributed by atoms with Crippen LogP contribution < -0.4 is 0 Å². The van der Waals surface area contributed by atoms with E-state index < -0.39 is 12.1 Å². The van der Waals surface area contributed by atoms with Crippen molar-refractivity contribution < 1.29 is 32.6 Å². The summed E-state index contributed by atoms with van der Waals surface area (Å²) in [6.07, 6.45) is -4.01. The Morgan fingerprint density at radius 3 is 2.44 bits per heavy atom. The third kappa shape index (κ3) is 5.21. The van der Waals surface area contributed by atoms with Crippen LogP contribution in [-0.2, 0) is 9.53 Å². The number of ether oxygens (including phenoxy) is 1. The van der Waals surface area contributed by atoms with Crippen molar-refractivity contribution in [2.75, 3.05) is 46.9 Å². The molecule has 0 bridgehead atoms. The molecule has 0 aliphatic carbocycles. The predicted octanol–water partition coefficient (Wildman–Crippen LogP) is 3.51. The number of likely N-dealkylation sites (tertiary alicyclic amines) is 2. The summed E-state index contributed by atoms with van der Waals surface area (Å²) in [4.78, 5) is 26.4. The number of halogens is 3. The molecule has 1 amide bonds. The van der Waals surface area contributed by atoms with Crippen molar-refractivity contribution in [3.8, 4) is 0 Å². The monoisotopic (exact) mass is 452 g/mol. The average Bonchev–Trinajstić information content (AvgIpc) is 3.30. The van der Waals surface area contributed by atoms with Crippen LogP contribution in [0, 0.1) is 11.3 Å². The molecule has 32 heavy (non-hydrogen) atoms. The van der Waals surface area contributed by atoms with Crippen molar-refractivity contribution in [2.45, 2.75) is 12.6 Å². The van der Waals surface area contributed by atoms with Gasteiger partial charge in [0.1, 0.15) is 0 Å². The minimum absolute atomic E-state index is 0.161. The highest BCUT2D eigenvalue weighted by atomic mass is 19.4. The summed E-state index contributed by atoms with van der Waals surface area (Å²) in [7, 11) is 3.95. The second-order valence-corrected chi connectivity index (χ2v) is 8.55. The number of nitrogens with zero attached hydrogens (tertiary/aromatic N) is 2. The van der Waals surface area contributed by atoms with Gasteiger partial charge in [0.25, 0.3) is 5.91 Å². The molecule has 174 valence electrons. The van der Waals surface area contributed by atoms with Gasteiger partial charge in [-0.25, -0.2) is 4.79 Å². The summed E-state index contributed by atoms with van der Waals surface area (Å²) in [5, 5.41) is 9.43. The largest absolute Gasteiger partial charge is 0.490 e. The molecule has 1 spiro atoms. The Morgan fingerprint density at radius 2 is 1.81 bits per heavy atom. The van der Waals surface area contributed by atoms with Crippen molar-refractivity contribution in [1.82, 2.24) is 9.80 Å². The second-order valence-electron chi connectivity index (χ2n) is 8.55. The van der Waals surface area contributed by atoms with Crippen molar-refractivity contribution in [3.05, 3.63) is 48.0 Å². The number of carbonyl (C=O) groups is 2. The molecule has 0 aromatic heterocycles. The van der Waals surface area contributed by atoms with E-state index in [1.165, 1.54) is 5.39 Å². The third-order valence-electron chi connectivity index (χ3n) is 6.26. The highest BCUT2D eigenvalue weighted by molar-refractivity contribution is 5.98. The Hall–Kier alpha value is -2.65. The van der Waals surface area contributed by atoms with Gasteiger partial charge in [0.2, 0.25) is 0 Å². The molecule has 2 atom stereocenters. The van der Waals surface area contributed by atoms with Gasteiger partial charge in [-0.15, -0.1) is 0 Å². The van der Waals surface area contributed by atoms with Gasteiger partial charge >= 0.3 is 12.1 Å². The van der Waals surface area contributed by atoms with Crippen molar-refractivity contribution in [2.24, 2.45) is 11.3 Å². The smallest absolute Gasteiger partial charge is 0.475 e. The summed E-state index contributed by atoms with van der Waals surface area (Å²) < 4.78 is 37.2. The minimum Gasteiger partial charge on any atom is -0.475 e. The van der Waals surface area contributed by atoms with Crippen LogP contribution in [0.15, 0.2) is 42.5 Å². The molecule has 2 saturated heterocycles. The van der Waals surface area contributed by atoms with Crippen LogP contribution in [0.2, 0.25) is 0 Å². The molecule has 2 fully saturated rings. The first-order valence-corrected chi connectivity index (χ1v) is 10.3. The fraction of sp³-hybridized carbons (Fsp3) is 0.478. The van der Waals surface area contributed by atoms with Gasteiger partial charge in [-0.1, -0.05) is 30.3 Å². The zero-order chi connectivity index (χ0) is 23.5. The molecule has 0 saturated carbocycles. The first kappa shape index (κ1) is 24.0. The van der Waals surface area contributed by atoms with E-state index in [1.54, 1.807) is 7.11 Å². The number of amides is 1. The predicted molar refractivity (Wildman–Crippen MR) is 113 cm³/mol. The molecule has 4 rings (SSSR count). The lowest BCUT2D eigenvalue weighted by molar-refractivity contribution is -0.192. The Bertz CT molecular complexity index is 981.